The summed E-state index contributed by atoms with van der Waals surface area (Å²) < 4.78 is 6.24. The van der Waals surface area contributed by atoms with E-state index in [0.717, 1.165) is 14.9 Å². The molecule has 0 unspecified atom stereocenters. The van der Waals surface area contributed by atoms with Gasteiger partial charge in [0.15, 0.2) is 0 Å². The number of ether oxygens (including phenoxy) is 1. The van der Waals surface area contributed by atoms with Crippen LogP contribution in [-0.2, 0) is 9.59 Å². The second-order valence-corrected chi connectivity index (χ2v) is 10.3. The third-order valence-corrected chi connectivity index (χ3v) is 7.64. The van der Waals surface area contributed by atoms with E-state index in [4.69, 9.17) is 4.74 Å². The van der Waals surface area contributed by atoms with Crippen molar-refractivity contribution in [2.75, 3.05) is 17.8 Å². The fraction of sp³-hybridized carbons (Fsp3) is 0.222. The molecule has 2 heterocycles. The van der Waals surface area contributed by atoms with Gasteiger partial charge in [-0.1, -0.05) is 34.1 Å². The van der Waals surface area contributed by atoms with E-state index in [2.05, 4.69) is 21.4 Å². The first-order chi connectivity index (χ1) is 17.4. The Morgan fingerprint density at radius 3 is 2.39 bits per heavy atom. The van der Waals surface area contributed by atoms with E-state index in [1.807, 2.05) is 43.5 Å². The van der Waals surface area contributed by atoms with Crippen LogP contribution < -0.4 is 15.1 Å². The molecule has 36 heavy (non-hydrogen) atoms. The Labute approximate surface area is 221 Å². The van der Waals surface area contributed by atoms with E-state index in [-0.39, 0.29) is 11.8 Å². The molecular weight excluding hydrogens is 542 g/mol. The van der Waals surface area contributed by atoms with E-state index >= 15 is 0 Å². The number of amides is 3. The Kier molecular flexibility index (Phi) is 6.87. The van der Waals surface area contributed by atoms with Crippen LogP contribution in [0.1, 0.15) is 28.9 Å². The molecule has 0 saturated carbocycles. The van der Waals surface area contributed by atoms with E-state index in [0.29, 0.717) is 23.6 Å². The number of carbonyl (C=O) groups excluding carboxylic acids is 3. The van der Waals surface area contributed by atoms with Crippen LogP contribution in [0.3, 0.4) is 0 Å². The van der Waals surface area contributed by atoms with Gasteiger partial charge in [-0.2, -0.15) is 0 Å². The number of carbonyl (C=O) groups is 3. The molecule has 2 saturated heterocycles. The molecule has 0 aliphatic carbocycles. The predicted molar refractivity (Wildman–Crippen MR) is 142 cm³/mol. The van der Waals surface area contributed by atoms with Gasteiger partial charge in [-0.05, 0) is 73.3 Å². The highest BCUT2D eigenvalue weighted by Crippen LogP contribution is 2.42. The lowest BCUT2D eigenvalue weighted by atomic mass is 9.91. The summed E-state index contributed by atoms with van der Waals surface area (Å²) in [4.78, 5) is 43.3. The Hall–Kier alpha value is -3.14. The molecule has 3 amide bonds. The van der Waals surface area contributed by atoms with Crippen molar-refractivity contribution in [2.45, 2.75) is 23.9 Å². The summed E-state index contributed by atoms with van der Waals surface area (Å²) in [5, 5.41) is 1.33. The lowest BCUT2D eigenvalue weighted by Gasteiger charge is -2.25. The first-order valence-electron chi connectivity index (χ1n) is 11.5. The Morgan fingerprint density at radius 1 is 1.03 bits per heavy atom. The van der Waals surface area contributed by atoms with Crippen LogP contribution in [0.15, 0.2) is 82.2 Å². The molecule has 184 valence electrons. The zero-order valence-electron chi connectivity index (χ0n) is 19.7. The molecule has 3 aromatic rings. The van der Waals surface area contributed by atoms with E-state index in [9.17, 15) is 14.4 Å². The maximum absolute atomic E-state index is 13.8. The topological polar surface area (TPSA) is 79.0 Å². The van der Waals surface area contributed by atoms with Crippen molar-refractivity contribution in [1.82, 2.24) is 10.4 Å². The Balaban J connectivity index is 1.54. The molecule has 0 bridgehead atoms. The van der Waals surface area contributed by atoms with Crippen LogP contribution in [0, 0.1) is 5.92 Å². The van der Waals surface area contributed by atoms with Gasteiger partial charge in [0.2, 0.25) is 5.91 Å². The smallest absolute Gasteiger partial charge is 0.268 e. The third-order valence-electron chi connectivity index (χ3n) is 6.41. The fourth-order valence-corrected chi connectivity index (χ4v) is 5.54. The number of hydrogen-bond acceptors (Lipinski definition) is 6. The first kappa shape index (κ1) is 24.5. The van der Waals surface area contributed by atoms with Gasteiger partial charge in [0.1, 0.15) is 11.8 Å². The van der Waals surface area contributed by atoms with Crippen LogP contribution in [0.2, 0.25) is 0 Å². The van der Waals surface area contributed by atoms with Crippen molar-refractivity contribution in [3.05, 3.63) is 88.4 Å². The highest BCUT2D eigenvalue weighted by molar-refractivity contribution is 9.10. The molecule has 7 nitrogen and oxygen atoms in total. The van der Waals surface area contributed by atoms with Crippen molar-refractivity contribution in [2.24, 2.45) is 5.92 Å². The maximum atomic E-state index is 13.8. The van der Waals surface area contributed by atoms with Crippen LogP contribution in [-0.4, -0.2) is 41.6 Å². The molecule has 0 aromatic heterocycles. The van der Waals surface area contributed by atoms with E-state index < -0.39 is 23.9 Å². The number of rotatable bonds is 6. The van der Waals surface area contributed by atoms with Crippen molar-refractivity contribution < 1.29 is 19.1 Å². The number of fused-ring (bicyclic) bond motifs is 1. The summed E-state index contributed by atoms with van der Waals surface area (Å²) in [5.41, 5.74) is 4.90. The summed E-state index contributed by atoms with van der Waals surface area (Å²) in [5.74, 6) is -1.26. The summed E-state index contributed by atoms with van der Waals surface area (Å²) in [7, 11) is 0. The molecule has 5 rings (SSSR count). The highest BCUT2D eigenvalue weighted by Gasteiger charge is 2.60. The van der Waals surface area contributed by atoms with Crippen LogP contribution in [0.25, 0.3) is 0 Å². The molecule has 3 aromatic carbocycles. The van der Waals surface area contributed by atoms with Crippen LogP contribution in [0.5, 0.6) is 5.75 Å². The molecule has 2 aliphatic rings. The molecule has 2 aliphatic heterocycles. The van der Waals surface area contributed by atoms with Gasteiger partial charge in [-0.15, -0.1) is 11.8 Å². The fourth-order valence-electron chi connectivity index (χ4n) is 4.74. The van der Waals surface area contributed by atoms with Gasteiger partial charge in [0.05, 0.1) is 24.3 Å². The zero-order valence-corrected chi connectivity index (χ0v) is 22.1. The summed E-state index contributed by atoms with van der Waals surface area (Å²) in [6.45, 7) is 2.40. The monoisotopic (exact) mass is 565 g/mol. The predicted octanol–water partition coefficient (Wildman–Crippen LogP) is 4.83. The van der Waals surface area contributed by atoms with Crippen molar-refractivity contribution in [3.8, 4) is 5.75 Å². The van der Waals surface area contributed by atoms with Crippen LogP contribution in [0.4, 0.5) is 5.69 Å². The number of hydrazine groups is 1. The third kappa shape index (κ3) is 4.31. The summed E-state index contributed by atoms with van der Waals surface area (Å²) in [6.07, 6.45) is 1.99. The van der Waals surface area contributed by atoms with Gasteiger partial charge >= 0.3 is 0 Å². The van der Waals surface area contributed by atoms with Crippen molar-refractivity contribution in [1.29, 1.82) is 0 Å². The van der Waals surface area contributed by atoms with Gasteiger partial charge in [-0.3, -0.25) is 19.4 Å². The number of anilines is 1. The average Bonchev–Trinajstić information content (AvgIpc) is 3.41. The average molecular weight is 566 g/mol. The summed E-state index contributed by atoms with van der Waals surface area (Å²) >= 11 is 5.02. The second kappa shape index (κ2) is 10.1. The maximum Gasteiger partial charge on any atom is 0.268 e. The lowest BCUT2D eigenvalue weighted by Crippen LogP contribution is -2.48. The molecular formula is C27H24BrN3O4S. The van der Waals surface area contributed by atoms with Crippen LogP contribution >= 0.6 is 27.7 Å². The summed E-state index contributed by atoms with van der Waals surface area (Å²) in [6, 6.07) is 20.1. The number of imide groups is 1. The number of nitrogens with one attached hydrogen (secondary N) is 1. The number of halogens is 1. The van der Waals surface area contributed by atoms with Gasteiger partial charge in [0.25, 0.3) is 11.8 Å². The number of nitrogens with zero attached hydrogens (tertiary/aromatic N) is 2. The SMILES string of the molecule is CCOc1ccc(N2C(=O)[C@@H]3[C@@H](c4ccc(SC)cc4)NN(C(=O)c4cccc(Br)c4)[C@@H]3C2=O)cc1. The number of thioether (sulfide) groups is 1. The highest BCUT2D eigenvalue weighted by atomic mass is 79.9. The molecule has 0 radical (unpaired) electrons. The largest absolute Gasteiger partial charge is 0.494 e. The van der Waals surface area contributed by atoms with Gasteiger partial charge in [-0.25, -0.2) is 10.3 Å². The van der Waals surface area contributed by atoms with Crippen molar-refractivity contribution in [3.63, 3.8) is 0 Å². The number of benzene rings is 3. The lowest BCUT2D eigenvalue weighted by molar-refractivity contribution is -0.123. The minimum absolute atomic E-state index is 0.342. The molecule has 0 spiro atoms. The van der Waals surface area contributed by atoms with E-state index in [1.54, 1.807) is 54.2 Å². The molecule has 3 atom stereocenters. The zero-order chi connectivity index (χ0) is 25.4. The normalized spacial score (nSPS) is 21.1. The number of hydrogen-bond donors (Lipinski definition) is 1. The minimum atomic E-state index is -0.972. The Bertz CT molecular complexity index is 1320. The van der Waals surface area contributed by atoms with Gasteiger partial charge < -0.3 is 4.74 Å². The second-order valence-electron chi connectivity index (χ2n) is 8.47. The Morgan fingerprint density at radius 2 is 1.75 bits per heavy atom. The first-order valence-corrected chi connectivity index (χ1v) is 13.5. The quantitative estimate of drug-likeness (QED) is 0.340. The molecule has 2 fully saturated rings. The van der Waals surface area contributed by atoms with Crippen molar-refractivity contribution >= 4 is 51.1 Å². The molecule has 1 N–H and O–H groups in total. The van der Waals surface area contributed by atoms with E-state index in [1.165, 1.54) is 9.91 Å². The molecule has 9 heteroatoms. The minimum Gasteiger partial charge on any atom is -0.494 e. The van der Waals surface area contributed by atoms with Gasteiger partial charge in [0, 0.05) is 14.9 Å². The standard InChI is InChI=1S/C27H24BrN3O4S/c1-3-35-20-11-9-19(10-12-20)30-26(33)22-23(16-7-13-21(36-2)14-8-16)29-31(24(22)27(30)34)25(32)17-5-4-6-18(28)15-17/h4-15,22-24,29H,3H2,1-2H3/t22-,23-,24+/m1/s1.